The molecule has 0 bridgehead atoms. The van der Waals surface area contributed by atoms with Gasteiger partial charge in [0.05, 0.1) is 13.7 Å². The van der Waals surface area contributed by atoms with Gasteiger partial charge in [0, 0.05) is 19.5 Å². The van der Waals surface area contributed by atoms with Gasteiger partial charge >= 0.3 is 0 Å². The zero-order chi connectivity index (χ0) is 24.1. The minimum atomic E-state index is -0.470. The smallest absolute Gasteiger partial charge is 0.242 e. The van der Waals surface area contributed by atoms with Crippen LogP contribution in [0.5, 0.6) is 11.5 Å². The summed E-state index contributed by atoms with van der Waals surface area (Å²) in [6.45, 7) is 7.61. The first kappa shape index (κ1) is 26.2. The second kappa shape index (κ2) is 14.2. The quantitative estimate of drug-likeness (QED) is 0.428. The van der Waals surface area contributed by atoms with Gasteiger partial charge in [0.25, 0.3) is 0 Å². The number of methoxy groups -OCH3 is 1. The highest BCUT2D eigenvalue weighted by molar-refractivity contribution is 5.87. The molecule has 2 aromatic rings. The van der Waals surface area contributed by atoms with Gasteiger partial charge in [-0.05, 0) is 55.0 Å². The van der Waals surface area contributed by atoms with E-state index in [4.69, 9.17) is 9.47 Å². The summed E-state index contributed by atoms with van der Waals surface area (Å²) in [5.74, 6) is 1.77. The SMILES string of the molecule is CCC(C(=O)NCC(C)C)N(CCc1ccccc1)C(=O)CCCOc1ccc(OC)cc1. The lowest BCUT2D eigenvalue weighted by atomic mass is 10.1. The summed E-state index contributed by atoms with van der Waals surface area (Å²) in [6.07, 6.45) is 2.20. The molecule has 180 valence electrons. The minimum Gasteiger partial charge on any atom is -0.497 e. The second-order valence-corrected chi connectivity index (χ2v) is 8.51. The topological polar surface area (TPSA) is 67.9 Å². The number of carbonyl (C=O) groups excluding carboxylic acids is 2. The maximum absolute atomic E-state index is 13.2. The van der Waals surface area contributed by atoms with Crippen molar-refractivity contribution in [3.63, 3.8) is 0 Å². The largest absolute Gasteiger partial charge is 0.497 e. The number of hydrogen-bond donors (Lipinski definition) is 1. The van der Waals surface area contributed by atoms with Gasteiger partial charge in [-0.1, -0.05) is 51.1 Å². The monoisotopic (exact) mass is 454 g/mol. The van der Waals surface area contributed by atoms with Crippen LogP contribution in [0, 0.1) is 5.92 Å². The van der Waals surface area contributed by atoms with Crippen LogP contribution in [0.2, 0.25) is 0 Å². The van der Waals surface area contributed by atoms with Gasteiger partial charge in [-0.25, -0.2) is 0 Å². The molecule has 1 N–H and O–H groups in total. The average molecular weight is 455 g/mol. The Morgan fingerprint density at radius 2 is 1.67 bits per heavy atom. The van der Waals surface area contributed by atoms with Crippen molar-refractivity contribution >= 4 is 11.8 Å². The fourth-order valence-electron chi connectivity index (χ4n) is 3.55. The van der Waals surface area contributed by atoms with Crippen LogP contribution in [0.15, 0.2) is 54.6 Å². The zero-order valence-electron chi connectivity index (χ0n) is 20.4. The van der Waals surface area contributed by atoms with Crippen molar-refractivity contribution in [2.75, 3.05) is 26.8 Å². The second-order valence-electron chi connectivity index (χ2n) is 8.51. The molecule has 0 aromatic heterocycles. The van der Waals surface area contributed by atoms with Crippen molar-refractivity contribution in [2.24, 2.45) is 5.92 Å². The molecule has 0 spiro atoms. The number of benzene rings is 2. The maximum Gasteiger partial charge on any atom is 0.242 e. The van der Waals surface area contributed by atoms with E-state index in [2.05, 4.69) is 19.2 Å². The number of nitrogens with zero attached hydrogens (tertiary/aromatic N) is 1. The Morgan fingerprint density at radius 3 is 2.27 bits per heavy atom. The molecular formula is C27H38N2O4. The summed E-state index contributed by atoms with van der Waals surface area (Å²) in [5, 5.41) is 3.00. The van der Waals surface area contributed by atoms with E-state index in [0.29, 0.717) is 51.3 Å². The Labute approximate surface area is 198 Å². The first-order valence-electron chi connectivity index (χ1n) is 11.8. The van der Waals surface area contributed by atoms with E-state index in [-0.39, 0.29) is 11.8 Å². The molecule has 6 heteroatoms. The third kappa shape index (κ3) is 9.16. The highest BCUT2D eigenvalue weighted by Crippen LogP contribution is 2.17. The van der Waals surface area contributed by atoms with E-state index in [1.165, 1.54) is 0 Å². The van der Waals surface area contributed by atoms with Gasteiger partial charge in [-0.2, -0.15) is 0 Å². The highest BCUT2D eigenvalue weighted by atomic mass is 16.5. The molecule has 0 aliphatic carbocycles. The summed E-state index contributed by atoms with van der Waals surface area (Å²) < 4.78 is 10.9. The van der Waals surface area contributed by atoms with Crippen LogP contribution in [-0.4, -0.2) is 49.6 Å². The molecule has 2 rings (SSSR count). The third-order valence-corrected chi connectivity index (χ3v) is 5.42. The summed E-state index contributed by atoms with van der Waals surface area (Å²) in [7, 11) is 1.62. The predicted octanol–water partition coefficient (Wildman–Crippen LogP) is 4.48. The van der Waals surface area contributed by atoms with E-state index in [9.17, 15) is 9.59 Å². The molecule has 6 nitrogen and oxygen atoms in total. The summed E-state index contributed by atoms with van der Waals surface area (Å²) in [5.41, 5.74) is 1.15. The molecule has 1 unspecified atom stereocenters. The number of hydrogen-bond acceptors (Lipinski definition) is 4. The average Bonchev–Trinajstić information content (AvgIpc) is 2.83. The van der Waals surface area contributed by atoms with E-state index in [1.54, 1.807) is 12.0 Å². The third-order valence-electron chi connectivity index (χ3n) is 5.42. The van der Waals surface area contributed by atoms with Crippen molar-refractivity contribution in [1.29, 1.82) is 0 Å². The van der Waals surface area contributed by atoms with E-state index >= 15 is 0 Å². The Morgan fingerprint density at radius 1 is 1.00 bits per heavy atom. The number of carbonyl (C=O) groups is 2. The molecule has 0 aliphatic rings. The van der Waals surface area contributed by atoms with Gasteiger partial charge in [0.15, 0.2) is 0 Å². The molecule has 2 amide bonds. The number of nitrogens with one attached hydrogen (secondary N) is 1. The van der Waals surface area contributed by atoms with E-state index in [0.717, 1.165) is 17.1 Å². The van der Waals surface area contributed by atoms with Crippen LogP contribution in [0.4, 0.5) is 0 Å². The van der Waals surface area contributed by atoms with Gasteiger partial charge in [0.1, 0.15) is 17.5 Å². The zero-order valence-corrected chi connectivity index (χ0v) is 20.4. The van der Waals surface area contributed by atoms with Crippen LogP contribution in [0.25, 0.3) is 0 Å². The van der Waals surface area contributed by atoms with Crippen molar-refractivity contribution < 1.29 is 19.1 Å². The number of rotatable bonds is 14. The van der Waals surface area contributed by atoms with Crippen molar-refractivity contribution in [3.8, 4) is 11.5 Å². The molecule has 0 fully saturated rings. The van der Waals surface area contributed by atoms with Crippen molar-refractivity contribution in [1.82, 2.24) is 10.2 Å². The Bertz CT molecular complexity index is 837. The van der Waals surface area contributed by atoms with Gasteiger partial charge in [-0.15, -0.1) is 0 Å². The van der Waals surface area contributed by atoms with Crippen molar-refractivity contribution in [3.05, 3.63) is 60.2 Å². The normalized spacial score (nSPS) is 11.7. The van der Waals surface area contributed by atoms with Crippen LogP contribution >= 0.6 is 0 Å². The summed E-state index contributed by atoms with van der Waals surface area (Å²) in [4.78, 5) is 27.8. The minimum absolute atomic E-state index is 0.0178. The van der Waals surface area contributed by atoms with Crippen LogP contribution in [-0.2, 0) is 16.0 Å². The molecule has 0 saturated carbocycles. The van der Waals surface area contributed by atoms with Gasteiger partial charge < -0.3 is 19.7 Å². The van der Waals surface area contributed by atoms with Crippen molar-refractivity contribution in [2.45, 2.75) is 52.5 Å². The summed E-state index contributed by atoms with van der Waals surface area (Å²) in [6, 6.07) is 17.0. The molecule has 0 heterocycles. The van der Waals surface area contributed by atoms with E-state index in [1.807, 2.05) is 61.5 Å². The lowest BCUT2D eigenvalue weighted by Crippen LogP contribution is -2.50. The van der Waals surface area contributed by atoms with Crippen LogP contribution in [0.3, 0.4) is 0 Å². The number of amides is 2. The molecule has 1 atom stereocenters. The Balaban J connectivity index is 1.97. The molecular weight excluding hydrogens is 416 g/mol. The molecule has 2 aromatic carbocycles. The lowest BCUT2D eigenvalue weighted by Gasteiger charge is -2.31. The first-order chi connectivity index (χ1) is 15.9. The lowest BCUT2D eigenvalue weighted by molar-refractivity contribution is -0.140. The van der Waals surface area contributed by atoms with Gasteiger partial charge in [-0.3, -0.25) is 9.59 Å². The molecule has 33 heavy (non-hydrogen) atoms. The maximum atomic E-state index is 13.2. The highest BCUT2D eigenvalue weighted by Gasteiger charge is 2.27. The molecule has 0 aliphatic heterocycles. The fraction of sp³-hybridized carbons (Fsp3) is 0.481. The predicted molar refractivity (Wildman–Crippen MR) is 132 cm³/mol. The van der Waals surface area contributed by atoms with E-state index < -0.39 is 6.04 Å². The first-order valence-corrected chi connectivity index (χ1v) is 11.8. The Hall–Kier alpha value is -3.02. The molecule has 0 radical (unpaired) electrons. The van der Waals surface area contributed by atoms with Crippen LogP contribution < -0.4 is 14.8 Å². The summed E-state index contributed by atoms with van der Waals surface area (Å²) >= 11 is 0. The Kier molecular flexibility index (Phi) is 11.3. The van der Waals surface area contributed by atoms with Crippen LogP contribution in [0.1, 0.15) is 45.6 Å². The fourth-order valence-corrected chi connectivity index (χ4v) is 3.55. The molecule has 0 saturated heterocycles. The number of ether oxygens (including phenoxy) is 2. The van der Waals surface area contributed by atoms with Gasteiger partial charge in [0.2, 0.25) is 11.8 Å². The standard InChI is InChI=1S/C27H38N2O4/c1-5-25(27(31)28-20-21(2)3)29(18-17-22-10-7-6-8-11-22)26(30)12-9-19-33-24-15-13-23(32-4)14-16-24/h6-8,10-11,13-16,21,25H,5,9,12,17-20H2,1-4H3,(H,28,31).